The maximum absolute atomic E-state index is 12.1. The molecule has 2 rings (SSSR count). The lowest BCUT2D eigenvalue weighted by Crippen LogP contribution is -2.35. The largest absolute Gasteiger partial charge is 0.573 e. The molecular weight excluding hydrogens is 379 g/mol. The molecule has 1 aromatic rings. The van der Waals surface area contributed by atoms with Gasteiger partial charge >= 0.3 is 18.5 Å². The number of alkyl halides is 3. The Morgan fingerprint density at radius 1 is 1.25 bits per heavy atom. The van der Waals surface area contributed by atoms with Crippen LogP contribution in [0.2, 0.25) is 0 Å². The number of nitrogens with zero attached hydrogens (tertiary/aromatic N) is 1. The lowest BCUT2D eigenvalue weighted by Gasteiger charge is -2.16. The number of nitrogens with one attached hydrogen (secondary N) is 2. The fraction of sp³-hybridized carbons (Fsp3) is 0.556. The van der Waals surface area contributed by atoms with E-state index in [-0.39, 0.29) is 17.8 Å². The van der Waals surface area contributed by atoms with Crippen LogP contribution in [0.1, 0.15) is 26.2 Å². The van der Waals surface area contributed by atoms with E-state index in [1.807, 2.05) is 6.92 Å². The van der Waals surface area contributed by atoms with Gasteiger partial charge in [-0.25, -0.2) is 9.59 Å². The highest BCUT2D eigenvalue weighted by Gasteiger charge is 2.31. The van der Waals surface area contributed by atoms with E-state index in [2.05, 4.69) is 15.4 Å². The standard InChI is InChI=1S/C18H24F3N3O4/c1-2-3-10-27-17(26)24-9-8-13(12-24)11-22-16(25)23-14-4-6-15(7-5-14)28-18(19,20)21/h4-7,13H,2-3,8-12H2,1H3,(H2,22,23,25). The Labute approximate surface area is 161 Å². The molecular formula is C18H24F3N3O4. The summed E-state index contributed by atoms with van der Waals surface area (Å²) in [4.78, 5) is 25.4. The molecule has 0 aliphatic carbocycles. The van der Waals surface area contributed by atoms with Crippen LogP contribution in [0, 0.1) is 5.92 Å². The Hall–Kier alpha value is -2.65. The van der Waals surface area contributed by atoms with Gasteiger partial charge in [0.25, 0.3) is 0 Å². The van der Waals surface area contributed by atoms with E-state index in [0.717, 1.165) is 31.4 Å². The zero-order chi connectivity index (χ0) is 20.6. The molecule has 28 heavy (non-hydrogen) atoms. The first-order chi connectivity index (χ1) is 13.3. The maximum Gasteiger partial charge on any atom is 0.573 e. The Balaban J connectivity index is 1.69. The first-order valence-electron chi connectivity index (χ1n) is 9.09. The number of amides is 3. The summed E-state index contributed by atoms with van der Waals surface area (Å²) in [7, 11) is 0. The smallest absolute Gasteiger partial charge is 0.449 e. The van der Waals surface area contributed by atoms with Crippen molar-refractivity contribution in [2.24, 2.45) is 5.92 Å². The van der Waals surface area contributed by atoms with Crippen molar-refractivity contribution < 1.29 is 32.2 Å². The number of unbranched alkanes of at least 4 members (excludes halogenated alkanes) is 1. The topological polar surface area (TPSA) is 79.9 Å². The average Bonchev–Trinajstić information content (AvgIpc) is 3.10. The van der Waals surface area contributed by atoms with E-state index in [0.29, 0.717) is 31.9 Å². The van der Waals surface area contributed by atoms with Crippen molar-refractivity contribution >= 4 is 17.8 Å². The number of anilines is 1. The fourth-order valence-corrected chi connectivity index (χ4v) is 2.71. The van der Waals surface area contributed by atoms with Crippen LogP contribution in [0.5, 0.6) is 5.75 Å². The number of carbonyl (C=O) groups is 2. The molecule has 7 nitrogen and oxygen atoms in total. The molecule has 1 aliphatic rings. The van der Waals surface area contributed by atoms with Crippen molar-refractivity contribution in [2.45, 2.75) is 32.5 Å². The summed E-state index contributed by atoms with van der Waals surface area (Å²) in [5.74, 6) is -0.248. The molecule has 1 atom stereocenters. The molecule has 0 radical (unpaired) electrons. The van der Waals surface area contributed by atoms with Gasteiger partial charge in [-0.1, -0.05) is 13.3 Å². The van der Waals surface area contributed by atoms with E-state index < -0.39 is 12.4 Å². The minimum atomic E-state index is -4.76. The normalized spacial score (nSPS) is 16.6. The van der Waals surface area contributed by atoms with Gasteiger partial charge < -0.3 is 25.0 Å². The monoisotopic (exact) mass is 403 g/mol. The van der Waals surface area contributed by atoms with Gasteiger partial charge in [0.15, 0.2) is 0 Å². The molecule has 1 fully saturated rings. The molecule has 2 N–H and O–H groups in total. The maximum atomic E-state index is 12.1. The number of hydrogen-bond acceptors (Lipinski definition) is 4. The minimum absolute atomic E-state index is 0.118. The van der Waals surface area contributed by atoms with Crippen molar-refractivity contribution in [1.29, 1.82) is 0 Å². The highest BCUT2D eigenvalue weighted by Crippen LogP contribution is 2.24. The van der Waals surface area contributed by atoms with Crippen molar-refractivity contribution in [1.82, 2.24) is 10.2 Å². The van der Waals surface area contributed by atoms with Crippen molar-refractivity contribution in [3.05, 3.63) is 24.3 Å². The van der Waals surface area contributed by atoms with E-state index in [9.17, 15) is 22.8 Å². The van der Waals surface area contributed by atoms with E-state index in [1.165, 1.54) is 12.1 Å². The molecule has 1 heterocycles. The molecule has 0 spiro atoms. The van der Waals surface area contributed by atoms with Gasteiger partial charge in [-0.3, -0.25) is 0 Å². The highest BCUT2D eigenvalue weighted by atomic mass is 19.4. The summed E-state index contributed by atoms with van der Waals surface area (Å²) in [5.41, 5.74) is 0.333. The number of benzene rings is 1. The molecule has 10 heteroatoms. The predicted octanol–water partition coefficient (Wildman–Crippen LogP) is 3.97. The van der Waals surface area contributed by atoms with Crippen LogP contribution in [0.3, 0.4) is 0 Å². The van der Waals surface area contributed by atoms with Gasteiger partial charge in [0.05, 0.1) is 6.61 Å². The van der Waals surface area contributed by atoms with Crippen molar-refractivity contribution in [3.8, 4) is 5.75 Å². The second-order valence-corrected chi connectivity index (χ2v) is 6.48. The molecule has 0 bridgehead atoms. The third-order valence-corrected chi connectivity index (χ3v) is 4.16. The van der Waals surface area contributed by atoms with Crippen molar-refractivity contribution in [3.63, 3.8) is 0 Å². The van der Waals surface area contributed by atoms with Crippen LogP contribution in [0.4, 0.5) is 28.4 Å². The summed E-state index contributed by atoms with van der Waals surface area (Å²) in [6.07, 6.45) is -2.56. The first kappa shape index (κ1) is 21.6. The van der Waals surface area contributed by atoms with Crippen LogP contribution in [0.15, 0.2) is 24.3 Å². The number of rotatable bonds is 7. The second-order valence-electron chi connectivity index (χ2n) is 6.48. The molecule has 1 aliphatic heterocycles. The average molecular weight is 403 g/mol. The third kappa shape index (κ3) is 7.53. The summed E-state index contributed by atoms with van der Waals surface area (Å²) >= 11 is 0. The Bertz CT molecular complexity index is 652. The lowest BCUT2D eigenvalue weighted by molar-refractivity contribution is -0.274. The van der Waals surface area contributed by atoms with Gasteiger partial charge in [0.2, 0.25) is 0 Å². The van der Waals surface area contributed by atoms with Crippen LogP contribution in [-0.4, -0.2) is 49.6 Å². The highest BCUT2D eigenvalue weighted by molar-refractivity contribution is 5.89. The predicted molar refractivity (Wildman–Crippen MR) is 96.1 cm³/mol. The number of urea groups is 1. The molecule has 1 saturated heterocycles. The van der Waals surface area contributed by atoms with E-state index in [1.54, 1.807) is 4.90 Å². The molecule has 3 amide bonds. The Kier molecular flexibility index (Phi) is 7.77. The quantitative estimate of drug-likeness (QED) is 0.676. The van der Waals surface area contributed by atoms with E-state index in [4.69, 9.17) is 4.74 Å². The van der Waals surface area contributed by atoms with Crippen molar-refractivity contribution in [2.75, 3.05) is 31.6 Å². The summed E-state index contributed by atoms with van der Waals surface area (Å²) < 4.78 is 45.3. The van der Waals surface area contributed by atoms with Gasteiger partial charge in [0, 0.05) is 25.3 Å². The van der Waals surface area contributed by atoms with Gasteiger partial charge in [-0.2, -0.15) is 0 Å². The van der Waals surface area contributed by atoms with Crippen LogP contribution >= 0.6 is 0 Å². The molecule has 0 aromatic heterocycles. The van der Waals surface area contributed by atoms with Crippen LogP contribution in [0.25, 0.3) is 0 Å². The van der Waals surface area contributed by atoms with Crippen LogP contribution in [-0.2, 0) is 4.74 Å². The zero-order valence-corrected chi connectivity index (χ0v) is 15.6. The van der Waals surface area contributed by atoms with Crippen LogP contribution < -0.4 is 15.4 Å². The van der Waals surface area contributed by atoms with Gasteiger partial charge in [-0.05, 0) is 43.0 Å². The number of ether oxygens (including phenoxy) is 2. The second kappa shape index (κ2) is 10.0. The number of hydrogen-bond donors (Lipinski definition) is 2. The zero-order valence-electron chi connectivity index (χ0n) is 15.6. The fourth-order valence-electron chi connectivity index (χ4n) is 2.71. The SMILES string of the molecule is CCCCOC(=O)N1CCC(CNC(=O)Nc2ccc(OC(F)(F)F)cc2)C1. The number of halogens is 3. The molecule has 1 unspecified atom stereocenters. The lowest BCUT2D eigenvalue weighted by atomic mass is 10.1. The Morgan fingerprint density at radius 2 is 1.96 bits per heavy atom. The number of likely N-dealkylation sites (tertiary alicyclic amines) is 1. The Morgan fingerprint density at radius 3 is 2.61 bits per heavy atom. The third-order valence-electron chi connectivity index (χ3n) is 4.16. The molecule has 156 valence electrons. The van der Waals surface area contributed by atoms with Gasteiger partial charge in [0.1, 0.15) is 5.75 Å². The summed E-state index contributed by atoms with van der Waals surface area (Å²) in [6, 6.07) is 4.37. The molecule has 1 aromatic carbocycles. The first-order valence-corrected chi connectivity index (χ1v) is 9.09. The molecule has 0 saturated carbocycles. The van der Waals surface area contributed by atoms with Gasteiger partial charge in [-0.15, -0.1) is 13.2 Å². The summed E-state index contributed by atoms with van der Waals surface area (Å²) in [6.45, 7) is 3.89. The van der Waals surface area contributed by atoms with E-state index >= 15 is 0 Å². The number of carbonyl (C=O) groups excluding carboxylic acids is 2. The minimum Gasteiger partial charge on any atom is -0.449 e. The summed E-state index contributed by atoms with van der Waals surface area (Å²) in [5, 5.41) is 5.23.